The molecule has 1 aliphatic heterocycles. The van der Waals surface area contributed by atoms with E-state index in [0.29, 0.717) is 0 Å². The van der Waals surface area contributed by atoms with Crippen LogP contribution in [0.3, 0.4) is 0 Å². The van der Waals surface area contributed by atoms with Crippen LogP contribution in [0.2, 0.25) is 0 Å². The molecular weight excluding hydrogens is 263 g/mol. The number of nitrogens with zero attached hydrogens (tertiary/aromatic N) is 2. The Hall–Kier alpha value is -2.16. The van der Waals surface area contributed by atoms with Gasteiger partial charge >= 0.3 is 0 Å². The van der Waals surface area contributed by atoms with Crippen LogP contribution in [0.5, 0.6) is 0 Å². The van der Waals surface area contributed by atoms with Gasteiger partial charge in [-0.1, -0.05) is 35.9 Å². The number of aliphatic imine (C=N–C) groups is 1. The van der Waals surface area contributed by atoms with Gasteiger partial charge in [-0.25, -0.2) is 4.39 Å². The van der Waals surface area contributed by atoms with Crippen molar-refractivity contribution in [2.75, 3.05) is 18.0 Å². The summed E-state index contributed by atoms with van der Waals surface area (Å²) in [5.74, 6) is 0.860. The van der Waals surface area contributed by atoms with E-state index in [4.69, 9.17) is 0 Å². The zero-order valence-corrected chi connectivity index (χ0v) is 12.2. The fourth-order valence-corrected chi connectivity index (χ4v) is 2.64. The van der Waals surface area contributed by atoms with Crippen molar-refractivity contribution < 1.29 is 4.39 Å². The first kappa shape index (κ1) is 13.8. The average Bonchev–Trinajstić information content (AvgIpc) is 2.95. The van der Waals surface area contributed by atoms with Crippen LogP contribution in [0.1, 0.15) is 17.5 Å². The van der Waals surface area contributed by atoms with Crippen LogP contribution in [-0.2, 0) is 6.42 Å². The molecular formula is C18H19FN2. The quantitative estimate of drug-likeness (QED) is 0.828. The Balaban J connectivity index is 1.68. The van der Waals surface area contributed by atoms with Crippen molar-refractivity contribution in [1.29, 1.82) is 0 Å². The molecule has 0 amide bonds. The summed E-state index contributed by atoms with van der Waals surface area (Å²) in [6.07, 6.45) is 1.85. The third kappa shape index (κ3) is 3.30. The van der Waals surface area contributed by atoms with E-state index < -0.39 is 0 Å². The molecule has 0 bridgehead atoms. The molecule has 0 radical (unpaired) electrons. The van der Waals surface area contributed by atoms with Crippen molar-refractivity contribution in [3.05, 3.63) is 65.5 Å². The second-order valence-corrected chi connectivity index (χ2v) is 5.42. The number of hydrogen-bond acceptors (Lipinski definition) is 2. The predicted molar refractivity (Wildman–Crippen MR) is 85.5 cm³/mol. The van der Waals surface area contributed by atoms with E-state index in [0.717, 1.165) is 37.5 Å². The molecule has 0 atom stereocenters. The van der Waals surface area contributed by atoms with E-state index in [-0.39, 0.29) is 5.82 Å². The monoisotopic (exact) mass is 282 g/mol. The molecule has 0 saturated carbocycles. The SMILES string of the molecule is Cc1ccc(CCC2=NCCN2c2cccc(F)c2)cc1. The molecule has 1 aliphatic rings. The summed E-state index contributed by atoms with van der Waals surface area (Å²) in [6.45, 7) is 3.73. The molecule has 2 aromatic rings. The third-order valence-corrected chi connectivity index (χ3v) is 3.81. The van der Waals surface area contributed by atoms with Gasteiger partial charge in [0.25, 0.3) is 0 Å². The largest absolute Gasteiger partial charge is 0.328 e. The first-order valence-corrected chi connectivity index (χ1v) is 7.34. The maximum Gasteiger partial charge on any atom is 0.125 e. The smallest absolute Gasteiger partial charge is 0.125 e. The summed E-state index contributed by atoms with van der Waals surface area (Å²) in [7, 11) is 0. The van der Waals surface area contributed by atoms with Crippen molar-refractivity contribution in [2.24, 2.45) is 4.99 Å². The molecule has 3 heteroatoms. The summed E-state index contributed by atoms with van der Waals surface area (Å²) in [4.78, 5) is 6.70. The lowest BCUT2D eigenvalue weighted by Gasteiger charge is -2.20. The molecule has 108 valence electrons. The molecule has 0 aliphatic carbocycles. The summed E-state index contributed by atoms with van der Waals surface area (Å²) < 4.78 is 13.4. The lowest BCUT2D eigenvalue weighted by atomic mass is 10.1. The lowest BCUT2D eigenvalue weighted by Crippen LogP contribution is -2.27. The number of amidine groups is 1. The van der Waals surface area contributed by atoms with Crippen molar-refractivity contribution in [1.82, 2.24) is 0 Å². The highest BCUT2D eigenvalue weighted by Crippen LogP contribution is 2.20. The van der Waals surface area contributed by atoms with E-state index in [1.807, 2.05) is 6.07 Å². The fourth-order valence-electron chi connectivity index (χ4n) is 2.64. The zero-order chi connectivity index (χ0) is 14.7. The first-order valence-electron chi connectivity index (χ1n) is 7.34. The van der Waals surface area contributed by atoms with Gasteiger partial charge < -0.3 is 4.90 Å². The molecule has 2 aromatic carbocycles. The Kier molecular flexibility index (Phi) is 4.00. The number of aryl methyl sites for hydroxylation is 2. The molecule has 0 spiro atoms. The van der Waals surface area contributed by atoms with Crippen LogP contribution < -0.4 is 4.90 Å². The van der Waals surface area contributed by atoms with E-state index in [1.54, 1.807) is 12.1 Å². The topological polar surface area (TPSA) is 15.6 Å². The van der Waals surface area contributed by atoms with Gasteiger partial charge in [-0.15, -0.1) is 0 Å². The van der Waals surface area contributed by atoms with Crippen molar-refractivity contribution in [2.45, 2.75) is 19.8 Å². The predicted octanol–water partition coefficient (Wildman–Crippen LogP) is 3.99. The number of anilines is 1. The summed E-state index contributed by atoms with van der Waals surface area (Å²) >= 11 is 0. The molecule has 0 saturated heterocycles. The fraction of sp³-hybridized carbons (Fsp3) is 0.278. The second-order valence-electron chi connectivity index (χ2n) is 5.42. The van der Waals surface area contributed by atoms with Gasteiger partial charge in [-0.3, -0.25) is 4.99 Å². The van der Waals surface area contributed by atoms with Crippen LogP contribution in [0.15, 0.2) is 53.5 Å². The van der Waals surface area contributed by atoms with E-state index in [2.05, 4.69) is 41.1 Å². The van der Waals surface area contributed by atoms with Gasteiger partial charge in [-0.05, 0) is 37.1 Å². The highest BCUT2D eigenvalue weighted by Gasteiger charge is 2.18. The van der Waals surface area contributed by atoms with Crippen LogP contribution in [0, 0.1) is 12.7 Å². The van der Waals surface area contributed by atoms with Crippen molar-refractivity contribution in [3.8, 4) is 0 Å². The van der Waals surface area contributed by atoms with Gasteiger partial charge in [0.2, 0.25) is 0 Å². The van der Waals surface area contributed by atoms with Crippen LogP contribution in [0.25, 0.3) is 0 Å². The van der Waals surface area contributed by atoms with Gasteiger partial charge in [0.05, 0.1) is 6.54 Å². The average molecular weight is 282 g/mol. The minimum absolute atomic E-state index is 0.197. The number of halogens is 1. The van der Waals surface area contributed by atoms with Gasteiger partial charge in [-0.2, -0.15) is 0 Å². The van der Waals surface area contributed by atoms with Crippen LogP contribution >= 0.6 is 0 Å². The number of hydrogen-bond donors (Lipinski definition) is 0. The highest BCUT2D eigenvalue weighted by atomic mass is 19.1. The Morgan fingerprint density at radius 3 is 2.67 bits per heavy atom. The number of rotatable bonds is 4. The molecule has 21 heavy (non-hydrogen) atoms. The van der Waals surface area contributed by atoms with Gasteiger partial charge in [0, 0.05) is 18.7 Å². The minimum Gasteiger partial charge on any atom is -0.328 e. The Morgan fingerprint density at radius 1 is 1.10 bits per heavy atom. The van der Waals surface area contributed by atoms with Crippen molar-refractivity contribution >= 4 is 11.5 Å². The first-order chi connectivity index (χ1) is 10.2. The summed E-state index contributed by atoms with van der Waals surface area (Å²) in [6, 6.07) is 15.3. The zero-order valence-electron chi connectivity index (χ0n) is 12.2. The maximum atomic E-state index is 13.4. The third-order valence-electron chi connectivity index (χ3n) is 3.81. The summed E-state index contributed by atoms with van der Waals surface area (Å²) in [5.41, 5.74) is 3.49. The Bertz CT molecular complexity index is 647. The molecule has 0 fully saturated rings. The van der Waals surface area contributed by atoms with E-state index in [9.17, 15) is 4.39 Å². The lowest BCUT2D eigenvalue weighted by molar-refractivity contribution is 0.628. The van der Waals surface area contributed by atoms with Crippen LogP contribution in [0.4, 0.5) is 10.1 Å². The normalized spacial score (nSPS) is 14.4. The van der Waals surface area contributed by atoms with Crippen molar-refractivity contribution in [3.63, 3.8) is 0 Å². The highest BCUT2D eigenvalue weighted by molar-refractivity contribution is 5.99. The van der Waals surface area contributed by atoms with Gasteiger partial charge in [0.1, 0.15) is 11.7 Å². The molecule has 0 unspecified atom stereocenters. The molecule has 0 N–H and O–H groups in total. The van der Waals surface area contributed by atoms with E-state index >= 15 is 0 Å². The molecule has 2 nitrogen and oxygen atoms in total. The number of benzene rings is 2. The molecule has 3 rings (SSSR count). The van der Waals surface area contributed by atoms with Gasteiger partial charge in [0.15, 0.2) is 0 Å². The molecule has 1 heterocycles. The molecule has 0 aromatic heterocycles. The Labute approximate surface area is 124 Å². The summed E-state index contributed by atoms with van der Waals surface area (Å²) in [5, 5.41) is 0. The van der Waals surface area contributed by atoms with Crippen LogP contribution in [-0.4, -0.2) is 18.9 Å². The second kappa shape index (κ2) is 6.08. The standard InChI is InChI=1S/C18H19FN2/c1-14-5-7-15(8-6-14)9-10-18-20-11-12-21(18)17-4-2-3-16(19)13-17/h2-8,13H,9-12H2,1H3. The Morgan fingerprint density at radius 2 is 1.90 bits per heavy atom. The minimum atomic E-state index is -0.197. The maximum absolute atomic E-state index is 13.4. The van der Waals surface area contributed by atoms with E-state index in [1.165, 1.54) is 17.2 Å².